The Labute approximate surface area is 297 Å². The second-order valence-electron chi connectivity index (χ2n) is 12.9. The van der Waals surface area contributed by atoms with Crippen LogP contribution in [0, 0.1) is 0 Å². The van der Waals surface area contributed by atoms with Crippen molar-refractivity contribution in [3.05, 3.63) is 72.8 Å². The summed E-state index contributed by atoms with van der Waals surface area (Å²) in [7, 11) is -13.6. The Hall–Kier alpha value is -4.42. The number of hydrogen-bond acceptors (Lipinski definition) is 12. The van der Waals surface area contributed by atoms with Crippen LogP contribution < -0.4 is 14.3 Å². The summed E-state index contributed by atoms with van der Waals surface area (Å²) in [6, 6.07) is 23.4. The van der Waals surface area contributed by atoms with E-state index in [1.165, 1.54) is 9.69 Å². The number of fused-ring (bicyclic) bond motifs is 3. The minimum Gasteiger partial charge on any atom is -0.326 e. The van der Waals surface area contributed by atoms with Gasteiger partial charge in [0.15, 0.2) is 0 Å². The predicted octanol–water partition coefficient (Wildman–Crippen LogP) is 6.61. The number of para-hydroxylation sites is 3. The molecule has 3 aliphatic rings. The summed E-state index contributed by atoms with van der Waals surface area (Å²) in [4.78, 5) is 18.5. The number of rotatable bonds is 9. The monoisotopic (exact) mass is 786 g/mol. The van der Waals surface area contributed by atoms with Gasteiger partial charge in [-0.05, 0) is 93.7 Å². The van der Waals surface area contributed by atoms with Crippen molar-refractivity contribution in [2.75, 3.05) is 32.7 Å². The third-order valence-electron chi connectivity index (χ3n) is 9.08. The Bertz CT molecular complexity index is 2140. The van der Waals surface area contributed by atoms with Gasteiger partial charge in [0.2, 0.25) is 0 Å². The van der Waals surface area contributed by atoms with E-state index in [2.05, 4.69) is 44.9 Å². The molecule has 0 radical (unpaired) electrons. The van der Waals surface area contributed by atoms with E-state index in [1.54, 1.807) is 4.85 Å². The van der Waals surface area contributed by atoms with Crippen molar-refractivity contribution < 1.29 is 39.5 Å². The zero-order chi connectivity index (χ0) is 37.0. The van der Waals surface area contributed by atoms with Gasteiger partial charge < -0.3 is 9.68 Å². The summed E-state index contributed by atoms with van der Waals surface area (Å²) in [6.07, 6.45) is 5.58. The summed E-state index contributed by atoms with van der Waals surface area (Å²) in [5, 5.41) is 26.6. The third-order valence-corrected chi connectivity index (χ3v) is 12.9. The van der Waals surface area contributed by atoms with Crippen molar-refractivity contribution in [3.8, 4) is 0 Å². The number of nitrogens with zero attached hydrogens (tertiary/aromatic N) is 12. The Balaban J connectivity index is 0.000000523. The second kappa shape index (κ2) is 12.6. The maximum atomic E-state index is 9.87. The van der Waals surface area contributed by atoms with E-state index in [-0.39, 0.29) is 0 Å². The molecule has 6 aromatic rings. The van der Waals surface area contributed by atoms with Crippen LogP contribution in [0.25, 0.3) is 33.1 Å². The van der Waals surface area contributed by atoms with Gasteiger partial charge in [0.1, 0.15) is 33.1 Å². The van der Waals surface area contributed by atoms with Crippen LogP contribution in [0.4, 0.5) is 25.2 Å². The molecule has 3 saturated heterocycles. The van der Waals surface area contributed by atoms with Crippen LogP contribution in [0.3, 0.4) is 0 Å². The van der Waals surface area contributed by atoms with Crippen molar-refractivity contribution in [2.24, 2.45) is 0 Å². The minimum absolute atomic E-state index is 0.514. The van der Waals surface area contributed by atoms with Gasteiger partial charge in [-0.3, -0.25) is 0 Å². The first kappa shape index (κ1) is 35.6. The molecule has 3 aliphatic heterocycles. The second-order valence-corrected chi connectivity index (χ2v) is 17.6. The van der Waals surface area contributed by atoms with Crippen molar-refractivity contribution in [3.63, 3.8) is 0 Å². The van der Waals surface area contributed by atoms with Crippen molar-refractivity contribution in [1.29, 1.82) is 0 Å². The van der Waals surface area contributed by atoms with Crippen molar-refractivity contribution in [1.82, 2.24) is 59.5 Å². The van der Waals surface area contributed by atoms with E-state index >= 15 is 0 Å². The van der Waals surface area contributed by atoms with Gasteiger partial charge >= 0.3 is 46.8 Å². The standard InChI is InChI=1S/C30H34N12O3P.F6P/c1-4-15-27-24(12-1)31-34-40(27)43-30(44-41-28-16-5-2-13-25(28)32-35-41)18-11-23-39(30)46(37-19-7-8-20-37,38-21-9-10-22-38)45-42-29-17-6-3-14-26(29)33-36-42;1-7(2,3,4,5)6/h1-6,12-17H,7-11,18-23H2;/q+1;-1. The molecular weight excluding hydrogens is 752 g/mol. The van der Waals surface area contributed by atoms with E-state index in [1.807, 2.05) is 72.8 Å². The number of benzene rings is 3. The average Bonchev–Trinajstić information content (AvgIpc) is 3.97. The summed E-state index contributed by atoms with van der Waals surface area (Å²) < 4.78 is 73.8. The summed E-state index contributed by atoms with van der Waals surface area (Å²) >= 11 is 0. The molecule has 284 valence electrons. The van der Waals surface area contributed by atoms with Gasteiger partial charge in [0.05, 0.1) is 6.42 Å². The fourth-order valence-corrected chi connectivity index (χ4v) is 11.1. The van der Waals surface area contributed by atoms with Gasteiger partial charge in [0, 0.05) is 32.7 Å². The first-order valence-electron chi connectivity index (χ1n) is 16.9. The molecule has 3 aromatic heterocycles. The van der Waals surface area contributed by atoms with Gasteiger partial charge in [0.25, 0.3) is 0 Å². The molecule has 53 heavy (non-hydrogen) atoms. The fraction of sp³-hybridized carbons (Fsp3) is 0.400. The first-order chi connectivity index (χ1) is 25.2. The summed E-state index contributed by atoms with van der Waals surface area (Å²) in [5.74, 6) is -1.40. The minimum atomic E-state index is -10.7. The van der Waals surface area contributed by atoms with Crippen LogP contribution in [-0.2, 0) is 0 Å². The van der Waals surface area contributed by atoms with E-state index in [9.17, 15) is 25.2 Å². The van der Waals surface area contributed by atoms with E-state index in [0.29, 0.717) is 13.0 Å². The summed E-state index contributed by atoms with van der Waals surface area (Å²) in [6.45, 7) is 4.15. The maximum absolute atomic E-state index is 10.7. The molecule has 0 bridgehead atoms. The molecule has 0 aliphatic carbocycles. The molecule has 0 unspecified atom stereocenters. The molecule has 3 fully saturated rings. The molecule has 0 saturated carbocycles. The van der Waals surface area contributed by atoms with E-state index < -0.39 is 21.7 Å². The van der Waals surface area contributed by atoms with E-state index in [4.69, 9.17) is 14.3 Å². The largest absolute Gasteiger partial charge is 0.458 e. The van der Waals surface area contributed by atoms with Crippen LogP contribution in [-0.4, -0.2) is 98.1 Å². The summed E-state index contributed by atoms with van der Waals surface area (Å²) in [5.41, 5.74) is 4.48. The smallest absolute Gasteiger partial charge is 0.326 e. The Kier molecular flexibility index (Phi) is 8.45. The first-order valence-corrected chi connectivity index (χ1v) is 20.5. The van der Waals surface area contributed by atoms with Crippen LogP contribution >= 0.6 is 15.8 Å². The molecule has 23 heteroatoms. The van der Waals surface area contributed by atoms with Crippen molar-refractivity contribution in [2.45, 2.75) is 44.4 Å². The Morgan fingerprint density at radius 3 is 1.34 bits per heavy atom. The zero-order valence-corrected chi connectivity index (χ0v) is 29.7. The van der Waals surface area contributed by atoms with Crippen LogP contribution in [0.15, 0.2) is 72.8 Å². The fourth-order valence-electron chi connectivity index (χ4n) is 6.95. The van der Waals surface area contributed by atoms with Gasteiger partial charge in [-0.25, -0.2) is 0 Å². The van der Waals surface area contributed by atoms with Crippen molar-refractivity contribution >= 4 is 48.9 Å². The molecule has 6 heterocycles. The van der Waals surface area contributed by atoms with Gasteiger partial charge in [-0.2, -0.15) is 4.62 Å². The molecule has 9 rings (SSSR count). The Morgan fingerprint density at radius 2 is 0.906 bits per heavy atom. The molecule has 0 N–H and O–H groups in total. The number of halogens is 6. The number of hydrogen-bond donors (Lipinski definition) is 0. The predicted molar refractivity (Wildman–Crippen MR) is 183 cm³/mol. The third kappa shape index (κ3) is 7.40. The molecule has 3 aromatic carbocycles. The molecule has 0 spiro atoms. The number of aromatic nitrogens is 9. The quantitative estimate of drug-likeness (QED) is 0.0889. The molecule has 0 amide bonds. The van der Waals surface area contributed by atoms with Crippen LogP contribution in [0.5, 0.6) is 0 Å². The van der Waals surface area contributed by atoms with Gasteiger partial charge in [-0.1, -0.05) is 46.1 Å². The van der Waals surface area contributed by atoms with Gasteiger partial charge in [-0.15, -0.1) is 24.6 Å². The normalized spacial score (nSPS) is 20.0. The molecule has 0 atom stereocenters. The SMILES string of the molecule is F[P-](F)(F)(F)(F)F.c1ccc2c(c1)nnn2OC1(On2nnc3ccccc32)CCCN1[P+](On1nnc2ccccc21)(N1CCCC1)N1CCCC1. The zero-order valence-electron chi connectivity index (χ0n) is 28.0. The van der Waals surface area contributed by atoms with Crippen LogP contribution in [0.1, 0.15) is 38.5 Å². The Morgan fingerprint density at radius 1 is 0.528 bits per heavy atom. The molecular formula is C30H34F6N12O3P2. The topological polar surface area (TPSA) is 130 Å². The van der Waals surface area contributed by atoms with E-state index in [0.717, 1.165) is 91.4 Å². The maximum Gasteiger partial charge on any atom is 0.458 e. The average molecular weight is 787 g/mol. The van der Waals surface area contributed by atoms with Crippen LogP contribution in [0.2, 0.25) is 0 Å². The molecule has 15 nitrogen and oxygen atoms in total.